The summed E-state index contributed by atoms with van der Waals surface area (Å²) in [5, 5.41) is 0. The Balaban J connectivity index is 1.68. The molecule has 0 N–H and O–H groups in total. The van der Waals surface area contributed by atoms with E-state index in [9.17, 15) is 4.79 Å². The average Bonchev–Trinajstić information content (AvgIpc) is 2.85. The molecule has 3 rings (SSSR count). The topological polar surface area (TPSA) is 20.3 Å². The van der Waals surface area contributed by atoms with Crippen molar-refractivity contribution in [3.63, 3.8) is 0 Å². The Hall–Kier alpha value is -2.03. The molecule has 0 saturated heterocycles. The Kier molecular flexibility index (Phi) is 3.12. The molecule has 1 amide bonds. The lowest BCUT2D eigenvalue weighted by Crippen LogP contribution is -2.27. The van der Waals surface area contributed by atoms with E-state index < -0.39 is 0 Å². The third kappa shape index (κ3) is 2.55. The molecule has 1 aliphatic rings. The third-order valence-corrected chi connectivity index (χ3v) is 3.53. The van der Waals surface area contributed by atoms with Crippen molar-refractivity contribution in [3.8, 4) is 0 Å². The molecule has 2 nitrogen and oxygen atoms in total. The van der Waals surface area contributed by atoms with E-state index in [0.29, 0.717) is 6.42 Å². The molecule has 2 aromatic rings. The van der Waals surface area contributed by atoms with Crippen molar-refractivity contribution in [1.82, 2.24) is 4.90 Å². The van der Waals surface area contributed by atoms with E-state index in [2.05, 4.69) is 12.1 Å². The van der Waals surface area contributed by atoms with E-state index in [0.717, 1.165) is 24.1 Å². The van der Waals surface area contributed by atoms with Gasteiger partial charge in [-0.15, -0.1) is 0 Å². The number of amides is 1. The first-order valence-electron chi connectivity index (χ1n) is 6.41. The highest BCUT2D eigenvalue weighted by Crippen LogP contribution is 2.22. The summed E-state index contributed by atoms with van der Waals surface area (Å²) in [5.74, 6) is 0.168. The van der Waals surface area contributed by atoms with E-state index in [1.165, 1.54) is 11.1 Å². The van der Waals surface area contributed by atoms with Crippen LogP contribution in [0, 0.1) is 0 Å². The van der Waals surface area contributed by atoms with Gasteiger partial charge >= 0.3 is 0 Å². The van der Waals surface area contributed by atoms with E-state index in [4.69, 9.17) is 7.85 Å². The van der Waals surface area contributed by atoms with Crippen molar-refractivity contribution in [1.29, 1.82) is 0 Å². The minimum absolute atomic E-state index is 0.168. The number of nitrogens with zero attached hydrogens (tertiary/aromatic N) is 1. The molecule has 0 saturated carbocycles. The van der Waals surface area contributed by atoms with E-state index >= 15 is 0 Å². The standard InChI is InChI=1S/C16H14BNO/c17-15-7-5-12(6-8-15)9-16(19)18-10-13-3-1-2-4-14(13)11-18/h1-8H,9-11H2. The fourth-order valence-electron chi connectivity index (χ4n) is 2.43. The Morgan fingerprint density at radius 1 is 1.00 bits per heavy atom. The highest BCUT2D eigenvalue weighted by molar-refractivity contribution is 6.32. The molecule has 1 aliphatic heterocycles. The van der Waals surface area contributed by atoms with Crippen LogP contribution in [-0.2, 0) is 24.3 Å². The molecule has 2 aromatic carbocycles. The Morgan fingerprint density at radius 3 is 2.16 bits per heavy atom. The molecule has 0 spiro atoms. The van der Waals surface area contributed by atoms with Crippen LogP contribution in [0.5, 0.6) is 0 Å². The summed E-state index contributed by atoms with van der Waals surface area (Å²) in [4.78, 5) is 14.2. The van der Waals surface area contributed by atoms with Gasteiger partial charge in [-0.2, -0.15) is 0 Å². The number of hydrogen-bond acceptors (Lipinski definition) is 1. The molecule has 0 unspecified atom stereocenters. The van der Waals surface area contributed by atoms with Crippen LogP contribution >= 0.6 is 0 Å². The minimum atomic E-state index is 0.168. The van der Waals surface area contributed by atoms with E-state index in [1.54, 1.807) is 0 Å². The number of fused-ring (bicyclic) bond motifs is 1. The van der Waals surface area contributed by atoms with E-state index in [1.807, 2.05) is 41.3 Å². The van der Waals surface area contributed by atoms with Gasteiger partial charge in [-0.05, 0) is 16.7 Å². The maximum Gasteiger partial charge on any atom is 0.227 e. The van der Waals surface area contributed by atoms with Gasteiger partial charge in [0.2, 0.25) is 5.91 Å². The zero-order valence-corrected chi connectivity index (χ0v) is 10.7. The number of carbonyl (C=O) groups is 1. The molecular formula is C16H14BNO. The Morgan fingerprint density at radius 2 is 1.58 bits per heavy atom. The first-order chi connectivity index (χ1) is 9.22. The van der Waals surface area contributed by atoms with Crippen LogP contribution in [0.3, 0.4) is 0 Å². The predicted octanol–water partition coefficient (Wildman–Crippen LogP) is 1.57. The lowest BCUT2D eigenvalue weighted by atomic mass is 9.95. The number of hydrogen-bond donors (Lipinski definition) is 0. The van der Waals surface area contributed by atoms with Gasteiger partial charge in [0.05, 0.1) is 6.42 Å². The zero-order chi connectivity index (χ0) is 13.2. The normalized spacial score (nSPS) is 13.4. The number of benzene rings is 2. The number of rotatable bonds is 2. The fraction of sp³-hybridized carbons (Fsp3) is 0.188. The van der Waals surface area contributed by atoms with E-state index in [-0.39, 0.29) is 5.91 Å². The molecule has 0 aromatic heterocycles. The van der Waals surface area contributed by atoms with Gasteiger partial charge in [0.1, 0.15) is 7.85 Å². The van der Waals surface area contributed by atoms with Crippen molar-refractivity contribution in [2.45, 2.75) is 19.5 Å². The SMILES string of the molecule is [B]c1ccc(CC(=O)N2Cc3ccccc3C2)cc1. The Labute approximate surface area is 114 Å². The largest absolute Gasteiger partial charge is 0.334 e. The van der Waals surface area contributed by atoms with Gasteiger partial charge < -0.3 is 4.90 Å². The van der Waals surface area contributed by atoms with Crippen LogP contribution in [0.2, 0.25) is 0 Å². The molecule has 0 bridgehead atoms. The van der Waals surface area contributed by atoms with Gasteiger partial charge in [-0.1, -0.05) is 54.0 Å². The summed E-state index contributed by atoms with van der Waals surface area (Å²) in [7, 11) is 5.64. The zero-order valence-electron chi connectivity index (χ0n) is 10.7. The fourth-order valence-corrected chi connectivity index (χ4v) is 2.43. The molecule has 0 atom stereocenters. The van der Waals surface area contributed by atoms with Gasteiger partial charge in [0, 0.05) is 13.1 Å². The summed E-state index contributed by atoms with van der Waals surface area (Å²) < 4.78 is 0. The molecule has 3 heteroatoms. The summed E-state index contributed by atoms with van der Waals surface area (Å²) in [6.07, 6.45) is 0.439. The number of carbonyl (C=O) groups excluding carboxylic acids is 1. The molecule has 1 heterocycles. The van der Waals surface area contributed by atoms with Gasteiger partial charge in [0.25, 0.3) is 0 Å². The van der Waals surface area contributed by atoms with Gasteiger partial charge in [0.15, 0.2) is 0 Å². The van der Waals surface area contributed by atoms with Crippen LogP contribution < -0.4 is 5.46 Å². The van der Waals surface area contributed by atoms with Crippen molar-refractivity contribution >= 4 is 19.2 Å². The molecule has 0 aliphatic carbocycles. The molecule has 2 radical (unpaired) electrons. The quantitative estimate of drug-likeness (QED) is 0.737. The lowest BCUT2D eigenvalue weighted by molar-refractivity contribution is -0.131. The van der Waals surface area contributed by atoms with Gasteiger partial charge in [-0.3, -0.25) is 4.79 Å². The van der Waals surface area contributed by atoms with Crippen LogP contribution in [0.15, 0.2) is 48.5 Å². The maximum absolute atomic E-state index is 12.3. The second kappa shape index (κ2) is 4.92. The van der Waals surface area contributed by atoms with Crippen LogP contribution in [0.1, 0.15) is 16.7 Å². The third-order valence-electron chi connectivity index (χ3n) is 3.53. The summed E-state index contributed by atoms with van der Waals surface area (Å²) >= 11 is 0. The van der Waals surface area contributed by atoms with Crippen molar-refractivity contribution in [3.05, 3.63) is 65.2 Å². The lowest BCUT2D eigenvalue weighted by Gasteiger charge is -2.15. The van der Waals surface area contributed by atoms with Gasteiger partial charge in [-0.25, -0.2) is 0 Å². The van der Waals surface area contributed by atoms with Crippen molar-refractivity contribution in [2.24, 2.45) is 0 Å². The smallest absolute Gasteiger partial charge is 0.227 e. The van der Waals surface area contributed by atoms with Crippen molar-refractivity contribution in [2.75, 3.05) is 0 Å². The molecule has 92 valence electrons. The highest BCUT2D eigenvalue weighted by atomic mass is 16.2. The first kappa shape index (κ1) is 12.0. The highest BCUT2D eigenvalue weighted by Gasteiger charge is 2.22. The molecule has 0 fully saturated rings. The monoisotopic (exact) mass is 247 g/mol. The van der Waals surface area contributed by atoms with Crippen molar-refractivity contribution < 1.29 is 4.79 Å². The summed E-state index contributed by atoms with van der Waals surface area (Å²) in [6, 6.07) is 15.7. The molecular weight excluding hydrogens is 233 g/mol. The maximum atomic E-state index is 12.3. The second-order valence-electron chi connectivity index (χ2n) is 4.94. The second-order valence-corrected chi connectivity index (χ2v) is 4.94. The van der Waals surface area contributed by atoms with Crippen LogP contribution in [0.4, 0.5) is 0 Å². The molecule has 19 heavy (non-hydrogen) atoms. The predicted molar refractivity (Wildman–Crippen MR) is 76.2 cm³/mol. The first-order valence-corrected chi connectivity index (χ1v) is 6.41. The van der Waals surface area contributed by atoms with Crippen LogP contribution in [-0.4, -0.2) is 18.7 Å². The van der Waals surface area contributed by atoms with Crippen LogP contribution in [0.25, 0.3) is 0 Å². The minimum Gasteiger partial charge on any atom is -0.334 e. The average molecular weight is 247 g/mol. The summed E-state index contributed by atoms with van der Waals surface area (Å²) in [6.45, 7) is 1.45. The summed E-state index contributed by atoms with van der Waals surface area (Å²) in [5.41, 5.74) is 4.25. The Bertz CT molecular complexity index is 581.